The maximum Gasteiger partial charge on any atom is 0.255 e. The van der Waals surface area contributed by atoms with Gasteiger partial charge in [0.25, 0.3) is 5.91 Å². The highest BCUT2D eigenvalue weighted by molar-refractivity contribution is 7.89. The van der Waals surface area contributed by atoms with Gasteiger partial charge in [0.05, 0.1) is 7.11 Å². The molecule has 0 atom stereocenters. The first-order valence-corrected chi connectivity index (χ1v) is 9.16. The molecule has 8 heteroatoms. The number of anilines is 1. The number of rotatable bonds is 5. The van der Waals surface area contributed by atoms with Crippen molar-refractivity contribution in [3.8, 4) is 5.75 Å². The van der Waals surface area contributed by atoms with Gasteiger partial charge in [-0.15, -0.1) is 0 Å². The van der Waals surface area contributed by atoms with Crippen LogP contribution in [0.15, 0.2) is 41.3 Å². The van der Waals surface area contributed by atoms with Crippen LogP contribution in [-0.4, -0.2) is 39.8 Å². The van der Waals surface area contributed by atoms with E-state index in [-0.39, 0.29) is 16.2 Å². The Hall–Kier alpha value is -2.09. The number of sulfonamides is 1. The van der Waals surface area contributed by atoms with Crippen molar-refractivity contribution >= 4 is 33.2 Å². The van der Waals surface area contributed by atoms with Crippen molar-refractivity contribution in [2.45, 2.75) is 11.8 Å². The summed E-state index contributed by atoms with van der Waals surface area (Å²) in [4.78, 5) is 12.4. The quantitative estimate of drug-likeness (QED) is 0.861. The van der Waals surface area contributed by atoms with Crippen LogP contribution >= 0.6 is 11.6 Å². The van der Waals surface area contributed by atoms with E-state index in [1.165, 1.54) is 39.4 Å². The summed E-state index contributed by atoms with van der Waals surface area (Å²) in [7, 11) is 0.455. The summed E-state index contributed by atoms with van der Waals surface area (Å²) in [6, 6.07) is 9.35. The summed E-state index contributed by atoms with van der Waals surface area (Å²) in [5.41, 5.74) is 1.60. The number of hydrogen-bond donors (Lipinski definition) is 1. The van der Waals surface area contributed by atoms with E-state index in [2.05, 4.69) is 5.32 Å². The fourth-order valence-electron chi connectivity index (χ4n) is 2.18. The van der Waals surface area contributed by atoms with Crippen LogP contribution in [0.4, 0.5) is 5.69 Å². The molecule has 0 aliphatic carbocycles. The van der Waals surface area contributed by atoms with E-state index >= 15 is 0 Å². The van der Waals surface area contributed by atoms with E-state index in [0.29, 0.717) is 10.7 Å². The first-order chi connectivity index (χ1) is 11.7. The molecular weight excluding hydrogens is 364 g/mol. The minimum absolute atomic E-state index is 0.0690. The standard InChI is InChI=1S/C17H19ClN2O4S/c1-11-9-13(18)6-7-14(11)19-17(21)12-5-8-15(24-4)16(10-12)25(22,23)20(2)3/h5-10H,1-4H3,(H,19,21). The molecule has 0 heterocycles. The molecule has 2 rings (SSSR count). The monoisotopic (exact) mass is 382 g/mol. The van der Waals surface area contributed by atoms with Gasteiger partial charge >= 0.3 is 0 Å². The zero-order valence-electron chi connectivity index (χ0n) is 14.3. The van der Waals surface area contributed by atoms with Gasteiger partial charge in [0.15, 0.2) is 0 Å². The third-order valence-electron chi connectivity index (χ3n) is 3.62. The summed E-state index contributed by atoms with van der Waals surface area (Å²) in [6.45, 7) is 1.82. The lowest BCUT2D eigenvalue weighted by molar-refractivity contribution is 0.102. The van der Waals surface area contributed by atoms with Crippen molar-refractivity contribution in [1.82, 2.24) is 4.31 Å². The molecule has 134 valence electrons. The molecule has 0 saturated carbocycles. The molecule has 1 amide bonds. The van der Waals surface area contributed by atoms with Crippen molar-refractivity contribution in [2.75, 3.05) is 26.5 Å². The highest BCUT2D eigenvalue weighted by Gasteiger charge is 2.24. The van der Waals surface area contributed by atoms with Crippen LogP contribution in [0.1, 0.15) is 15.9 Å². The van der Waals surface area contributed by atoms with Crippen molar-refractivity contribution in [3.05, 3.63) is 52.5 Å². The van der Waals surface area contributed by atoms with Crippen LogP contribution in [0.2, 0.25) is 5.02 Å². The molecule has 0 aliphatic rings. The molecule has 1 N–H and O–H groups in total. The van der Waals surface area contributed by atoms with Crippen LogP contribution in [0.5, 0.6) is 5.75 Å². The van der Waals surface area contributed by atoms with E-state index in [4.69, 9.17) is 16.3 Å². The normalized spacial score (nSPS) is 11.4. The maximum absolute atomic E-state index is 12.5. The van der Waals surface area contributed by atoms with Crippen LogP contribution < -0.4 is 10.1 Å². The minimum Gasteiger partial charge on any atom is -0.495 e. The Labute approximate surface area is 152 Å². The topological polar surface area (TPSA) is 75.7 Å². The number of halogens is 1. The van der Waals surface area contributed by atoms with Crippen LogP contribution in [-0.2, 0) is 10.0 Å². The van der Waals surface area contributed by atoms with Gasteiger partial charge < -0.3 is 10.1 Å². The van der Waals surface area contributed by atoms with E-state index in [1.54, 1.807) is 18.2 Å². The Bertz CT molecular complexity index is 911. The first kappa shape index (κ1) is 19.2. The van der Waals surface area contributed by atoms with Gasteiger partial charge in [-0.3, -0.25) is 4.79 Å². The SMILES string of the molecule is COc1ccc(C(=O)Nc2ccc(Cl)cc2C)cc1S(=O)(=O)N(C)C. The minimum atomic E-state index is -3.75. The van der Waals surface area contributed by atoms with Crippen LogP contribution in [0, 0.1) is 6.92 Å². The Morgan fingerprint density at radius 2 is 1.84 bits per heavy atom. The molecule has 0 spiro atoms. The second-order valence-corrected chi connectivity index (χ2v) is 8.12. The van der Waals surface area contributed by atoms with Crippen LogP contribution in [0.25, 0.3) is 0 Å². The number of carbonyl (C=O) groups excluding carboxylic acids is 1. The van der Waals surface area contributed by atoms with Gasteiger partial charge in [-0.2, -0.15) is 0 Å². The Balaban J connectivity index is 2.41. The molecule has 2 aromatic rings. The van der Waals surface area contributed by atoms with Gasteiger partial charge in [-0.05, 0) is 48.9 Å². The molecule has 0 unspecified atom stereocenters. The van der Waals surface area contributed by atoms with Gasteiger partial charge in [0.1, 0.15) is 10.6 Å². The van der Waals surface area contributed by atoms with Crippen LogP contribution in [0.3, 0.4) is 0 Å². The second-order valence-electron chi connectivity index (χ2n) is 5.57. The maximum atomic E-state index is 12.5. The zero-order valence-corrected chi connectivity index (χ0v) is 15.9. The first-order valence-electron chi connectivity index (χ1n) is 7.35. The predicted octanol–water partition coefficient (Wildman–Crippen LogP) is 3.16. The number of hydrogen-bond acceptors (Lipinski definition) is 4. The highest BCUT2D eigenvalue weighted by atomic mass is 35.5. The Kier molecular flexibility index (Phi) is 5.72. The average Bonchev–Trinajstić information content (AvgIpc) is 2.56. The van der Waals surface area contributed by atoms with E-state index in [0.717, 1.165) is 9.87 Å². The molecule has 2 aromatic carbocycles. The smallest absolute Gasteiger partial charge is 0.255 e. The van der Waals surface area contributed by atoms with E-state index < -0.39 is 15.9 Å². The molecule has 0 bridgehead atoms. The van der Waals surface area contributed by atoms with Crippen molar-refractivity contribution < 1.29 is 17.9 Å². The fourth-order valence-corrected chi connectivity index (χ4v) is 3.48. The Morgan fingerprint density at radius 3 is 2.40 bits per heavy atom. The molecule has 0 fully saturated rings. The molecule has 0 aliphatic heterocycles. The van der Waals surface area contributed by atoms with Crippen molar-refractivity contribution in [3.63, 3.8) is 0 Å². The van der Waals surface area contributed by atoms with Crippen molar-refractivity contribution in [2.24, 2.45) is 0 Å². The van der Waals surface area contributed by atoms with Crippen molar-refractivity contribution in [1.29, 1.82) is 0 Å². The zero-order chi connectivity index (χ0) is 18.8. The summed E-state index contributed by atoms with van der Waals surface area (Å²) in [6.07, 6.45) is 0. The number of nitrogens with zero attached hydrogens (tertiary/aromatic N) is 1. The fraction of sp³-hybridized carbons (Fsp3) is 0.235. The Morgan fingerprint density at radius 1 is 1.16 bits per heavy atom. The molecule has 0 saturated heterocycles. The predicted molar refractivity (Wildman–Crippen MR) is 98.0 cm³/mol. The number of aryl methyl sites for hydroxylation is 1. The molecule has 6 nitrogen and oxygen atoms in total. The third-order valence-corrected chi connectivity index (χ3v) is 5.69. The number of carbonyl (C=O) groups is 1. The van der Waals surface area contributed by atoms with E-state index in [9.17, 15) is 13.2 Å². The molecule has 0 aromatic heterocycles. The second kappa shape index (κ2) is 7.43. The summed E-state index contributed by atoms with van der Waals surface area (Å²) in [5.74, 6) is -0.254. The number of benzene rings is 2. The molecular formula is C17H19ClN2O4S. The number of nitrogens with one attached hydrogen (secondary N) is 1. The molecule has 25 heavy (non-hydrogen) atoms. The summed E-state index contributed by atoms with van der Waals surface area (Å²) >= 11 is 5.91. The molecule has 0 radical (unpaired) electrons. The number of ether oxygens (including phenoxy) is 1. The number of methoxy groups -OCH3 is 1. The average molecular weight is 383 g/mol. The van der Waals surface area contributed by atoms with E-state index in [1.807, 2.05) is 6.92 Å². The lowest BCUT2D eigenvalue weighted by atomic mass is 10.1. The summed E-state index contributed by atoms with van der Waals surface area (Å²) < 4.78 is 31.1. The lowest BCUT2D eigenvalue weighted by Crippen LogP contribution is -2.23. The third kappa shape index (κ3) is 4.12. The largest absolute Gasteiger partial charge is 0.495 e. The van der Waals surface area contributed by atoms with Gasteiger partial charge in [-0.25, -0.2) is 12.7 Å². The number of amides is 1. The summed E-state index contributed by atoms with van der Waals surface area (Å²) in [5, 5.41) is 3.32. The van der Waals surface area contributed by atoms with Gasteiger partial charge in [-0.1, -0.05) is 11.6 Å². The highest BCUT2D eigenvalue weighted by Crippen LogP contribution is 2.27. The lowest BCUT2D eigenvalue weighted by Gasteiger charge is -2.16. The van der Waals surface area contributed by atoms with Gasteiger partial charge in [0.2, 0.25) is 10.0 Å². The van der Waals surface area contributed by atoms with Gasteiger partial charge in [0, 0.05) is 30.4 Å².